The lowest BCUT2D eigenvalue weighted by Crippen LogP contribution is -1.91. The fourth-order valence-electron chi connectivity index (χ4n) is 3.62. The molecule has 5 rings (SSSR count). The van der Waals surface area contributed by atoms with Crippen molar-refractivity contribution in [3.63, 3.8) is 0 Å². The van der Waals surface area contributed by atoms with Crippen LogP contribution >= 0.6 is 0 Å². The SMILES string of the molecule is Cc1ccc(Nc2ccc(-c3ccccc3)cc2)c2oc3ccccc3c12. The van der Waals surface area contributed by atoms with Crippen molar-refractivity contribution in [2.24, 2.45) is 0 Å². The van der Waals surface area contributed by atoms with Crippen LogP contribution in [0.5, 0.6) is 0 Å². The first-order chi connectivity index (χ1) is 13.3. The van der Waals surface area contributed by atoms with Crippen molar-refractivity contribution in [2.45, 2.75) is 6.92 Å². The molecule has 130 valence electrons. The molecule has 5 aromatic rings. The average Bonchev–Trinajstić information content (AvgIpc) is 3.12. The molecule has 0 saturated heterocycles. The van der Waals surface area contributed by atoms with Gasteiger partial charge in [-0.25, -0.2) is 0 Å². The Morgan fingerprint density at radius 1 is 0.667 bits per heavy atom. The van der Waals surface area contributed by atoms with Crippen LogP contribution in [0.15, 0.2) is 95.4 Å². The number of anilines is 2. The van der Waals surface area contributed by atoms with E-state index in [0.29, 0.717) is 0 Å². The minimum absolute atomic E-state index is 0.906. The number of fused-ring (bicyclic) bond motifs is 3. The number of nitrogens with one attached hydrogen (secondary N) is 1. The Hall–Kier alpha value is -3.52. The summed E-state index contributed by atoms with van der Waals surface area (Å²) in [6.07, 6.45) is 0. The number of para-hydroxylation sites is 1. The van der Waals surface area contributed by atoms with E-state index < -0.39 is 0 Å². The molecule has 0 spiro atoms. The van der Waals surface area contributed by atoms with Gasteiger partial charge in [0.05, 0.1) is 5.69 Å². The predicted octanol–water partition coefficient (Wildman–Crippen LogP) is 7.31. The van der Waals surface area contributed by atoms with Crippen LogP contribution in [0.3, 0.4) is 0 Å². The van der Waals surface area contributed by atoms with Gasteiger partial charge in [-0.05, 0) is 47.9 Å². The van der Waals surface area contributed by atoms with Gasteiger partial charge < -0.3 is 9.73 Å². The maximum Gasteiger partial charge on any atom is 0.159 e. The number of hydrogen-bond acceptors (Lipinski definition) is 2. The fourth-order valence-corrected chi connectivity index (χ4v) is 3.62. The van der Waals surface area contributed by atoms with Crippen LogP contribution in [0.25, 0.3) is 33.1 Å². The van der Waals surface area contributed by atoms with Crippen molar-refractivity contribution in [3.8, 4) is 11.1 Å². The van der Waals surface area contributed by atoms with Gasteiger partial charge in [0.15, 0.2) is 5.58 Å². The Balaban J connectivity index is 1.54. The molecule has 0 unspecified atom stereocenters. The smallest absolute Gasteiger partial charge is 0.159 e. The first kappa shape index (κ1) is 15.7. The Bertz CT molecular complexity index is 1230. The quantitative estimate of drug-likeness (QED) is 0.369. The van der Waals surface area contributed by atoms with Gasteiger partial charge in [0.25, 0.3) is 0 Å². The Morgan fingerprint density at radius 2 is 1.37 bits per heavy atom. The summed E-state index contributed by atoms with van der Waals surface area (Å²) in [4.78, 5) is 0. The number of hydrogen-bond donors (Lipinski definition) is 1. The molecule has 0 aliphatic rings. The van der Waals surface area contributed by atoms with Gasteiger partial charge in [0.1, 0.15) is 5.58 Å². The van der Waals surface area contributed by atoms with Crippen LogP contribution in [0.2, 0.25) is 0 Å². The van der Waals surface area contributed by atoms with E-state index in [0.717, 1.165) is 27.9 Å². The number of rotatable bonds is 3. The number of aryl methyl sites for hydroxylation is 1. The lowest BCUT2D eigenvalue weighted by Gasteiger charge is -2.09. The molecular weight excluding hydrogens is 330 g/mol. The highest BCUT2D eigenvalue weighted by atomic mass is 16.3. The third-order valence-electron chi connectivity index (χ3n) is 5.01. The maximum absolute atomic E-state index is 6.17. The van der Waals surface area contributed by atoms with Gasteiger partial charge in [0, 0.05) is 16.5 Å². The van der Waals surface area contributed by atoms with Crippen LogP contribution in [-0.4, -0.2) is 0 Å². The molecule has 0 aliphatic heterocycles. The largest absolute Gasteiger partial charge is 0.454 e. The molecule has 0 bridgehead atoms. The molecule has 0 aliphatic carbocycles. The van der Waals surface area contributed by atoms with Crippen molar-refractivity contribution in [1.82, 2.24) is 0 Å². The molecule has 0 atom stereocenters. The van der Waals surface area contributed by atoms with Crippen molar-refractivity contribution >= 4 is 33.3 Å². The lowest BCUT2D eigenvalue weighted by atomic mass is 10.0. The molecule has 0 amide bonds. The molecule has 0 fully saturated rings. The third kappa shape index (κ3) is 2.76. The van der Waals surface area contributed by atoms with E-state index in [1.807, 2.05) is 18.2 Å². The van der Waals surface area contributed by atoms with Gasteiger partial charge in [-0.2, -0.15) is 0 Å². The zero-order valence-electron chi connectivity index (χ0n) is 15.1. The summed E-state index contributed by atoms with van der Waals surface area (Å²) in [5.74, 6) is 0. The highest BCUT2D eigenvalue weighted by Gasteiger charge is 2.13. The highest BCUT2D eigenvalue weighted by molar-refractivity contribution is 6.10. The first-order valence-corrected chi connectivity index (χ1v) is 9.13. The highest BCUT2D eigenvalue weighted by Crippen LogP contribution is 2.36. The summed E-state index contributed by atoms with van der Waals surface area (Å²) < 4.78 is 6.17. The molecule has 4 aromatic carbocycles. The van der Waals surface area contributed by atoms with E-state index in [-0.39, 0.29) is 0 Å². The molecule has 0 saturated carbocycles. The summed E-state index contributed by atoms with van der Waals surface area (Å²) in [6.45, 7) is 2.13. The first-order valence-electron chi connectivity index (χ1n) is 9.13. The van der Waals surface area contributed by atoms with E-state index in [1.54, 1.807) is 0 Å². The van der Waals surface area contributed by atoms with Gasteiger partial charge in [0.2, 0.25) is 0 Å². The van der Waals surface area contributed by atoms with E-state index in [1.165, 1.54) is 22.1 Å². The summed E-state index contributed by atoms with van der Waals surface area (Å²) in [7, 11) is 0. The van der Waals surface area contributed by atoms with Crippen LogP contribution < -0.4 is 5.32 Å². The normalized spacial score (nSPS) is 11.1. The Morgan fingerprint density at radius 3 is 2.19 bits per heavy atom. The zero-order chi connectivity index (χ0) is 18.2. The maximum atomic E-state index is 6.17. The van der Waals surface area contributed by atoms with Crippen LogP contribution in [0.4, 0.5) is 11.4 Å². The predicted molar refractivity (Wildman–Crippen MR) is 114 cm³/mol. The fraction of sp³-hybridized carbons (Fsp3) is 0.0400. The molecule has 1 N–H and O–H groups in total. The van der Waals surface area contributed by atoms with E-state index in [9.17, 15) is 0 Å². The molecular formula is C25H19NO. The Kier molecular flexibility index (Phi) is 3.68. The second-order valence-corrected chi connectivity index (χ2v) is 6.80. The van der Waals surface area contributed by atoms with Crippen molar-refractivity contribution in [3.05, 3.63) is 96.6 Å². The summed E-state index contributed by atoms with van der Waals surface area (Å²) in [5, 5.41) is 5.86. The second kappa shape index (κ2) is 6.33. The van der Waals surface area contributed by atoms with Gasteiger partial charge in [-0.3, -0.25) is 0 Å². The third-order valence-corrected chi connectivity index (χ3v) is 5.01. The molecule has 2 heteroatoms. The van der Waals surface area contributed by atoms with Crippen molar-refractivity contribution < 1.29 is 4.42 Å². The van der Waals surface area contributed by atoms with E-state index in [4.69, 9.17) is 4.42 Å². The minimum atomic E-state index is 0.906. The van der Waals surface area contributed by atoms with Crippen LogP contribution in [-0.2, 0) is 0 Å². The van der Waals surface area contributed by atoms with E-state index in [2.05, 4.69) is 85.0 Å². The minimum Gasteiger partial charge on any atom is -0.454 e. The van der Waals surface area contributed by atoms with Crippen molar-refractivity contribution in [1.29, 1.82) is 0 Å². The number of benzene rings is 4. The molecule has 0 radical (unpaired) electrons. The topological polar surface area (TPSA) is 25.2 Å². The monoisotopic (exact) mass is 349 g/mol. The van der Waals surface area contributed by atoms with Crippen LogP contribution in [0, 0.1) is 6.92 Å². The van der Waals surface area contributed by atoms with E-state index >= 15 is 0 Å². The zero-order valence-corrected chi connectivity index (χ0v) is 15.1. The lowest BCUT2D eigenvalue weighted by molar-refractivity contribution is 0.670. The molecule has 27 heavy (non-hydrogen) atoms. The van der Waals surface area contributed by atoms with Crippen LogP contribution in [0.1, 0.15) is 5.56 Å². The molecule has 1 aromatic heterocycles. The molecule has 2 nitrogen and oxygen atoms in total. The van der Waals surface area contributed by atoms with Gasteiger partial charge in [-0.15, -0.1) is 0 Å². The average molecular weight is 349 g/mol. The van der Waals surface area contributed by atoms with Crippen molar-refractivity contribution in [2.75, 3.05) is 5.32 Å². The summed E-state index contributed by atoms with van der Waals surface area (Å²) >= 11 is 0. The van der Waals surface area contributed by atoms with Gasteiger partial charge >= 0.3 is 0 Å². The summed E-state index contributed by atoms with van der Waals surface area (Å²) in [6, 6.07) is 31.3. The second-order valence-electron chi connectivity index (χ2n) is 6.80. The summed E-state index contributed by atoms with van der Waals surface area (Å²) in [5.41, 5.74) is 7.50. The van der Waals surface area contributed by atoms with Gasteiger partial charge in [-0.1, -0.05) is 66.7 Å². The standard InChI is InChI=1S/C25H19NO/c1-17-11-16-22(25-24(17)21-9-5-6-10-23(21)27-25)26-20-14-12-19(13-15-20)18-7-3-2-4-8-18/h2-16,26H,1H3. The molecule has 1 heterocycles. The number of furan rings is 1. The Labute approximate surface area is 158 Å².